The lowest BCUT2D eigenvalue weighted by molar-refractivity contribution is -0.968. The number of hydrogen-bond acceptors (Lipinski definition) is 3. The number of ether oxygens (including phenoxy) is 1. The Morgan fingerprint density at radius 1 is 1.08 bits per heavy atom. The van der Waals surface area contributed by atoms with Crippen molar-refractivity contribution in [1.82, 2.24) is 0 Å². The maximum atomic E-state index is 12.7. The Morgan fingerprint density at radius 3 is 2.17 bits per heavy atom. The van der Waals surface area contributed by atoms with E-state index < -0.39 is 0 Å². The zero-order chi connectivity index (χ0) is 17.3. The van der Waals surface area contributed by atoms with E-state index in [2.05, 4.69) is 20.9 Å². The van der Waals surface area contributed by atoms with E-state index in [1.165, 1.54) is 32.1 Å². The highest BCUT2D eigenvalue weighted by Gasteiger charge is 2.54. The van der Waals surface area contributed by atoms with Crippen molar-refractivity contribution < 1.29 is 19.1 Å². The minimum Gasteiger partial charge on any atom is -0.462 e. The van der Waals surface area contributed by atoms with Gasteiger partial charge < -0.3 is 14.3 Å². The SMILES string of the molecule is CC(C)[N+]1(C)[C@@H]2CC[C@@H]1CC(OC(=O)C(CO)C1CCCCC1)C2. The number of aliphatic hydroxyl groups is 1. The standard InChI is InChI=1S/C20H36NO3/c1-14(2)21(3)16-9-10-17(21)12-18(11-16)24-20(23)19(13-22)15-7-5-4-6-8-15/h14-19,22H,4-13H2,1-3H3/q+1/t16-,17-,18?,19?,21?/m1/s1. The lowest BCUT2D eigenvalue weighted by Gasteiger charge is -2.49. The second kappa shape index (κ2) is 7.33. The van der Waals surface area contributed by atoms with Gasteiger partial charge >= 0.3 is 5.97 Å². The number of rotatable bonds is 5. The summed E-state index contributed by atoms with van der Waals surface area (Å²) in [6.45, 7) is 4.59. The lowest BCUT2D eigenvalue weighted by Crippen LogP contribution is -2.62. The molecule has 2 bridgehead atoms. The van der Waals surface area contributed by atoms with Crippen LogP contribution >= 0.6 is 0 Å². The van der Waals surface area contributed by atoms with Gasteiger partial charge in [0.2, 0.25) is 0 Å². The number of aliphatic hydroxyl groups excluding tert-OH is 1. The van der Waals surface area contributed by atoms with E-state index in [1.807, 2.05) is 0 Å². The zero-order valence-corrected chi connectivity index (χ0v) is 15.7. The van der Waals surface area contributed by atoms with E-state index in [1.54, 1.807) is 0 Å². The topological polar surface area (TPSA) is 46.5 Å². The van der Waals surface area contributed by atoms with E-state index in [-0.39, 0.29) is 24.6 Å². The van der Waals surface area contributed by atoms with Crippen LogP contribution in [0, 0.1) is 11.8 Å². The second-order valence-corrected chi connectivity index (χ2v) is 8.92. The molecule has 2 saturated heterocycles. The smallest absolute Gasteiger partial charge is 0.311 e. The summed E-state index contributed by atoms with van der Waals surface area (Å²) >= 11 is 0. The van der Waals surface area contributed by atoms with Gasteiger partial charge in [0.15, 0.2) is 0 Å². The van der Waals surface area contributed by atoms with Crippen LogP contribution in [0.2, 0.25) is 0 Å². The van der Waals surface area contributed by atoms with Gasteiger partial charge in [0.25, 0.3) is 0 Å². The van der Waals surface area contributed by atoms with Gasteiger partial charge in [-0.25, -0.2) is 0 Å². The lowest BCUT2D eigenvalue weighted by atomic mass is 9.80. The van der Waals surface area contributed by atoms with Gasteiger partial charge in [0.05, 0.1) is 37.7 Å². The van der Waals surface area contributed by atoms with Gasteiger partial charge in [-0.15, -0.1) is 0 Å². The fourth-order valence-corrected chi connectivity index (χ4v) is 5.78. The molecule has 0 aromatic carbocycles. The molecule has 4 nitrogen and oxygen atoms in total. The molecule has 24 heavy (non-hydrogen) atoms. The van der Waals surface area contributed by atoms with Crippen molar-refractivity contribution in [3.63, 3.8) is 0 Å². The Morgan fingerprint density at radius 2 is 1.67 bits per heavy atom. The average molecular weight is 339 g/mol. The molecule has 3 atom stereocenters. The summed E-state index contributed by atoms with van der Waals surface area (Å²) in [6, 6.07) is 1.89. The number of carbonyl (C=O) groups is 1. The van der Waals surface area contributed by atoms with Gasteiger partial charge in [-0.2, -0.15) is 0 Å². The first-order valence-corrected chi connectivity index (χ1v) is 10.1. The van der Waals surface area contributed by atoms with Crippen LogP contribution in [-0.2, 0) is 9.53 Å². The Bertz CT molecular complexity index is 430. The average Bonchev–Trinajstić information content (AvgIpc) is 2.74. The van der Waals surface area contributed by atoms with Crippen LogP contribution in [0.4, 0.5) is 0 Å². The van der Waals surface area contributed by atoms with Crippen molar-refractivity contribution in [2.75, 3.05) is 13.7 Å². The van der Waals surface area contributed by atoms with Crippen molar-refractivity contribution in [3.05, 3.63) is 0 Å². The van der Waals surface area contributed by atoms with Crippen LogP contribution in [0.3, 0.4) is 0 Å². The maximum absolute atomic E-state index is 12.7. The van der Waals surface area contributed by atoms with Crippen LogP contribution in [0.15, 0.2) is 0 Å². The minimum atomic E-state index is -0.296. The Labute approximate surface area is 147 Å². The summed E-state index contributed by atoms with van der Waals surface area (Å²) < 4.78 is 7.10. The Kier molecular flexibility index (Phi) is 5.55. The highest BCUT2D eigenvalue weighted by Crippen LogP contribution is 2.44. The molecule has 1 saturated carbocycles. The van der Waals surface area contributed by atoms with E-state index in [0.29, 0.717) is 24.0 Å². The van der Waals surface area contributed by atoms with Crippen molar-refractivity contribution in [2.45, 2.75) is 95.9 Å². The van der Waals surface area contributed by atoms with Crippen LogP contribution in [-0.4, -0.2) is 53.4 Å². The number of fused-ring (bicyclic) bond motifs is 2. The van der Waals surface area contributed by atoms with Crippen LogP contribution in [0.5, 0.6) is 0 Å². The molecule has 138 valence electrons. The van der Waals surface area contributed by atoms with E-state index in [4.69, 9.17) is 4.74 Å². The summed E-state index contributed by atoms with van der Waals surface area (Å²) in [7, 11) is 2.39. The number of quaternary nitrogens is 1. The summed E-state index contributed by atoms with van der Waals surface area (Å²) in [5.41, 5.74) is 0. The predicted molar refractivity (Wildman–Crippen MR) is 94.4 cm³/mol. The first-order valence-electron chi connectivity index (χ1n) is 10.1. The van der Waals surface area contributed by atoms with Crippen LogP contribution in [0.1, 0.15) is 71.6 Å². The second-order valence-electron chi connectivity index (χ2n) is 8.92. The molecule has 1 N–H and O–H groups in total. The van der Waals surface area contributed by atoms with Gasteiger partial charge in [0.1, 0.15) is 6.10 Å². The molecule has 0 spiro atoms. The van der Waals surface area contributed by atoms with Crippen LogP contribution in [0.25, 0.3) is 0 Å². The van der Waals surface area contributed by atoms with Gasteiger partial charge in [0, 0.05) is 25.7 Å². The summed E-state index contributed by atoms with van der Waals surface area (Å²) in [5.74, 6) is -0.0985. The number of carbonyl (C=O) groups excluding carboxylic acids is 1. The van der Waals surface area contributed by atoms with Crippen LogP contribution < -0.4 is 0 Å². The molecular weight excluding hydrogens is 302 g/mol. The molecule has 4 heteroatoms. The summed E-state index contributed by atoms with van der Waals surface area (Å²) in [4.78, 5) is 12.7. The molecule has 2 aliphatic heterocycles. The van der Waals surface area contributed by atoms with Crippen molar-refractivity contribution in [1.29, 1.82) is 0 Å². The van der Waals surface area contributed by atoms with Gasteiger partial charge in [-0.1, -0.05) is 19.3 Å². The van der Waals surface area contributed by atoms with Gasteiger partial charge in [-0.3, -0.25) is 4.79 Å². The maximum Gasteiger partial charge on any atom is 0.311 e. The van der Waals surface area contributed by atoms with E-state index in [9.17, 15) is 9.90 Å². The predicted octanol–water partition coefficient (Wildman–Crippen LogP) is 3.27. The molecule has 0 aromatic rings. The minimum absolute atomic E-state index is 0.0527. The quantitative estimate of drug-likeness (QED) is 0.618. The molecule has 0 amide bonds. The molecule has 0 aromatic heterocycles. The largest absolute Gasteiger partial charge is 0.462 e. The summed E-state index contributed by atoms with van der Waals surface area (Å²) in [6.07, 6.45) is 10.4. The fourth-order valence-electron chi connectivity index (χ4n) is 5.78. The van der Waals surface area contributed by atoms with E-state index >= 15 is 0 Å². The Hall–Kier alpha value is -0.610. The number of nitrogens with zero attached hydrogens (tertiary/aromatic N) is 1. The van der Waals surface area contributed by atoms with Crippen molar-refractivity contribution in [2.24, 2.45) is 11.8 Å². The third-order valence-electron chi connectivity index (χ3n) is 7.59. The van der Waals surface area contributed by atoms with Gasteiger partial charge in [-0.05, 0) is 32.6 Å². The third-order valence-corrected chi connectivity index (χ3v) is 7.59. The van der Waals surface area contributed by atoms with E-state index in [0.717, 1.165) is 30.2 Å². The van der Waals surface area contributed by atoms with Crippen molar-refractivity contribution >= 4 is 5.97 Å². The fraction of sp³-hybridized carbons (Fsp3) is 0.950. The summed E-state index contributed by atoms with van der Waals surface area (Å²) in [5, 5.41) is 9.75. The Balaban J connectivity index is 1.60. The zero-order valence-electron chi connectivity index (χ0n) is 15.7. The highest BCUT2D eigenvalue weighted by atomic mass is 16.5. The first-order chi connectivity index (χ1) is 11.5. The molecule has 3 aliphatic rings. The first kappa shape index (κ1) is 18.2. The number of hydrogen-bond donors (Lipinski definition) is 1. The molecule has 2 heterocycles. The molecular formula is C20H36NO3+. The normalized spacial score (nSPS) is 38.3. The number of piperidine rings is 1. The number of esters is 1. The molecule has 1 unspecified atom stereocenters. The molecule has 3 rings (SSSR count). The highest BCUT2D eigenvalue weighted by molar-refractivity contribution is 5.73. The molecule has 1 aliphatic carbocycles. The van der Waals surface area contributed by atoms with Crippen molar-refractivity contribution in [3.8, 4) is 0 Å². The third kappa shape index (κ3) is 3.24. The molecule has 3 fully saturated rings. The molecule has 0 radical (unpaired) electrons. The monoisotopic (exact) mass is 338 g/mol.